The van der Waals surface area contributed by atoms with Gasteiger partial charge in [0.05, 0.1) is 5.69 Å². The van der Waals surface area contributed by atoms with Crippen molar-refractivity contribution in [1.29, 1.82) is 0 Å². The average Bonchev–Trinajstić information content (AvgIpc) is 2.90. The molecule has 4 nitrogen and oxygen atoms in total. The largest absolute Gasteiger partial charge is 0.361 e. The van der Waals surface area contributed by atoms with Gasteiger partial charge in [-0.3, -0.25) is 4.79 Å². The number of hydrogen-bond donors (Lipinski definition) is 0. The number of aryl methyl sites for hydroxylation is 1. The highest BCUT2D eigenvalue weighted by molar-refractivity contribution is 5.94. The molecule has 26 heavy (non-hydrogen) atoms. The molecule has 1 saturated heterocycles. The van der Waals surface area contributed by atoms with Gasteiger partial charge in [-0.1, -0.05) is 17.6 Å². The van der Waals surface area contributed by atoms with Crippen molar-refractivity contribution in [1.82, 2.24) is 10.1 Å². The highest BCUT2D eigenvalue weighted by Crippen LogP contribution is 2.35. The Hall–Kier alpha value is -2.24. The van der Waals surface area contributed by atoms with Gasteiger partial charge in [-0.25, -0.2) is 8.78 Å². The van der Waals surface area contributed by atoms with E-state index in [1.807, 2.05) is 0 Å². The number of aromatic nitrogens is 1. The second-order valence-electron chi connectivity index (χ2n) is 7.20. The maximum atomic E-state index is 13.9. The van der Waals surface area contributed by atoms with E-state index in [0.717, 1.165) is 62.1 Å². The summed E-state index contributed by atoms with van der Waals surface area (Å²) >= 11 is 0. The topological polar surface area (TPSA) is 46.3 Å². The van der Waals surface area contributed by atoms with Crippen LogP contribution in [0.1, 0.15) is 65.4 Å². The lowest BCUT2D eigenvalue weighted by molar-refractivity contribution is 0.0696. The van der Waals surface area contributed by atoms with Crippen LogP contribution in [0, 0.1) is 11.6 Å². The lowest BCUT2D eigenvalue weighted by Crippen LogP contribution is -2.38. The molecular weight excluding hydrogens is 338 g/mol. The molecule has 0 atom stereocenters. The number of likely N-dealkylation sites (tertiary alicyclic amines) is 1. The summed E-state index contributed by atoms with van der Waals surface area (Å²) in [7, 11) is 0. The summed E-state index contributed by atoms with van der Waals surface area (Å²) in [5.74, 6) is -1.00. The predicted octanol–water partition coefficient (Wildman–Crippen LogP) is 4.24. The number of benzene rings is 1. The van der Waals surface area contributed by atoms with E-state index >= 15 is 0 Å². The minimum absolute atomic E-state index is 0.221. The van der Waals surface area contributed by atoms with E-state index in [-0.39, 0.29) is 5.92 Å². The molecular formula is C20H22F2N2O2. The zero-order chi connectivity index (χ0) is 18.1. The molecule has 0 saturated carbocycles. The fourth-order valence-electron chi connectivity index (χ4n) is 4.12. The zero-order valence-corrected chi connectivity index (χ0v) is 14.6. The van der Waals surface area contributed by atoms with Crippen LogP contribution in [0.25, 0.3) is 0 Å². The molecule has 1 aliphatic carbocycles. The molecule has 0 radical (unpaired) electrons. The minimum atomic E-state index is -0.808. The minimum Gasteiger partial charge on any atom is -0.361 e. The molecule has 0 unspecified atom stereocenters. The van der Waals surface area contributed by atoms with E-state index in [0.29, 0.717) is 13.1 Å². The number of halogens is 2. The number of carbonyl (C=O) groups excluding carboxylic acids is 1. The molecule has 0 bridgehead atoms. The van der Waals surface area contributed by atoms with Crippen LogP contribution in [0.4, 0.5) is 8.78 Å². The normalized spacial score (nSPS) is 18.5. The van der Waals surface area contributed by atoms with E-state index in [1.54, 1.807) is 0 Å². The van der Waals surface area contributed by atoms with Gasteiger partial charge in [0.1, 0.15) is 23.0 Å². The Bertz CT molecular complexity index is 790. The van der Waals surface area contributed by atoms with Gasteiger partial charge in [-0.2, -0.15) is 0 Å². The summed E-state index contributed by atoms with van der Waals surface area (Å²) in [6.45, 7) is 0.930. The van der Waals surface area contributed by atoms with Crippen LogP contribution in [-0.4, -0.2) is 29.1 Å². The predicted molar refractivity (Wildman–Crippen MR) is 92.0 cm³/mol. The van der Waals surface area contributed by atoms with Gasteiger partial charge in [0.2, 0.25) is 0 Å². The van der Waals surface area contributed by atoms with Gasteiger partial charge < -0.3 is 9.42 Å². The highest BCUT2D eigenvalue weighted by Gasteiger charge is 2.31. The molecule has 1 aromatic carbocycles. The Morgan fingerprint density at radius 2 is 1.77 bits per heavy atom. The quantitative estimate of drug-likeness (QED) is 0.753. The van der Waals surface area contributed by atoms with E-state index in [9.17, 15) is 13.6 Å². The molecule has 2 aliphatic rings. The first-order valence-corrected chi connectivity index (χ1v) is 9.35. The van der Waals surface area contributed by atoms with Crippen molar-refractivity contribution < 1.29 is 18.1 Å². The van der Waals surface area contributed by atoms with Gasteiger partial charge in [0.15, 0.2) is 0 Å². The molecule has 1 amide bonds. The third-order valence-corrected chi connectivity index (χ3v) is 5.57. The Labute approximate surface area is 151 Å². The number of nitrogens with zero attached hydrogens (tertiary/aromatic N) is 2. The average molecular weight is 360 g/mol. The fraction of sp³-hybridized carbons (Fsp3) is 0.500. The van der Waals surface area contributed by atoms with E-state index in [1.165, 1.54) is 23.0 Å². The third-order valence-electron chi connectivity index (χ3n) is 5.57. The monoisotopic (exact) mass is 360 g/mol. The lowest BCUT2D eigenvalue weighted by Gasteiger charge is -2.31. The first kappa shape index (κ1) is 17.2. The lowest BCUT2D eigenvalue weighted by atomic mass is 9.90. The van der Waals surface area contributed by atoms with Crippen molar-refractivity contribution in [2.24, 2.45) is 0 Å². The van der Waals surface area contributed by atoms with Crippen LogP contribution in [0.5, 0.6) is 0 Å². The van der Waals surface area contributed by atoms with Gasteiger partial charge in [-0.05, 0) is 50.7 Å². The zero-order valence-electron chi connectivity index (χ0n) is 14.6. The smallest absolute Gasteiger partial charge is 0.259 e. The SMILES string of the molecule is O=C(c1c(F)cccc1F)N1CCC(c2onc3c2CCCCC3)CC1. The number of carbonyl (C=O) groups is 1. The molecule has 138 valence electrons. The fourth-order valence-corrected chi connectivity index (χ4v) is 4.12. The summed E-state index contributed by atoms with van der Waals surface area (Å²) in [5.41, 5.74) is 1.89. The van der Waals surface area contributed by atoms with Gasteiger partial charge >= 0.3 is 0 Å². The van der Waals surface area contributed by atoms with Crippen LogP contribution in [0.15, 0.2) is 22.7 Å². The van der Waals surface area contributed by atoms with Gasteiger partial charge in [0, 0.05) is 24.6 Å². The van der Waals surface area contributed by atoms with Crippen LogP contribution >= 0.6 is 0 Å². The van der Waals surface area contributed by atoms with Crippen LogP contribution in [-0.2, 0) is 12.8 Å². The van der Waals surface area contributed by atoms with Crippen molar-refractivity contribution in [2.45, 2.75) is 50.9 Å². The second-order valence-corrected chi connectivity index (χ2v) is 7.20. The molecule has 6 heteroatoms. The van der Waals surface area contributed by atoms with E-state index in [2.05, 4.69) is 5.16 Å². The van der Waals surface area contributed by atoms with Gasteiger partial charge in [-0.15, -0.1) is 0 Å². The molecule has 1 aromatic heterocycles. The summed E-state index contributed by atoms with van der Waals surface area (Å²) in [6, 6.07) is 3.50. The van der Waals surface area contributed by atoms with Crippen LogP contribution in [0.2, 0.25) is 0 Å². The van der Waals surface area contributed by atoms with Crippen LogP contribution < -0.4 is 0 Å². The standard InChI is InChI=1S/C20H22F2N2O2/c21-15-6-4-7-16(22)18(15)20(25)24-11-9-13(10-12-24)19-14-5-2-1-3-8-17(14)23-26-19/h4,6-7,13H,1-3,5,8-12H2. The number of rotatable bonds is 2. The van der Waals surface area contributed by atoms with Crippen molar-refractivity contribution in [3.8, 4) is 0 Å². The number of hydrogen-bond acceptors (Lipinski definition) is 3. The highest BCUT2D eigenvalue weighted by atomic mass is 19.1. The number of amides is 1. The molecule has 0 spiro atoms. The summed E-state index contributed by atoms with van der Waals surface area (Å²) in [4.78, 5) is 14.1. The first-order chi connectivity index (χ1) is 12.6. The van der Waals surface area contributed by atoms with Crippen molar-refractivity contribution >= 4 is 5.91 Å². The molecule has 0 N–H and O–H groups in total. The van der Waals surface area contributed by atoms with Crippen molar-refractivity contribution in [3.05, 3.63) is 52.4 Å². The Morgan fingerprint density at radius 1 is 1.08 bits per heavy atom. The van der Waals surface area contributed by atoms with Crippen LogP contribution in [0.3, 0.4) is 0 Å². The molecule has 2 heterocycles. The van der Waals surface area contributed by atoms with Crippen molar-refractivity contribution in [3.63, 3.8) is 0 Å². The molecule has 4 rings (SSSR count). The Kier molecular flexibility index (Phi) is 4.74. The van der Waals surface area contributed by atoms with Gasteiger partial charge in [0.25, 0.3) is 5.91 Å². The maximum absolute atomic E-state index is 13.9. The molecule has 2 aromatic rings. The van der Waals surface area contributed by atoms with E-state index in [4.69, 9.17) is 4.52 Å². The summed E-state index contributed by atoms with van der Waals surface area (Å²) in [5, 5.41) is 4.26. The first-order valence-electron chi connectivity index (χ1n) is 9.35. The summed E-state index contributed by atoms with van der Waals surface area (Å²) in [6.07, 6.45) is 6.96. The number of piperidine rings is 1. The maximum Gasteiger partial charge on any atom is 0.259 e. The summed E-state index contributed by atoms with van der Waals surface area (Å²) < 4.78 is 33.4. The Balaban J connectivity index is 1.46. The van der Waals surface area contributed by atoms with Crippen molar-refractivity contribution in [2.75, 3.05) is 13.1 Å². The molecule has 1 aliphatic heterocycles. The molecule has 1 fully saturated rings. The third kappa shape index (κ3) is 3.13. The Morgan fingerprint density at radius 3 is 2.50 bits per heavy atom. The number of fused-ring (bicyclic) bond motifs is 1. The second kappa shape index (κ2) is 7.17. The van der Waals surface area contributed by atoms with E-state index < -0.39 is 23.1 Å².